The molecular weight excluding hydrogens is 380 g/mol. The zero-order valence-electron chi connectivity index (χ0n) is 15.1. The zero-order valence-corrected chi connectivity index (χ0v) is 16.8. The van der Waals surface area contributed by atoms with Crippen molar-refractivity contribution in [1.29, 1.82) is 0 Å². The van der Waals surface area contributed by atoms with E-state index < -0.39 is 23.8 Å². The summed E-state index contributed by atoms with van der Waals surface area (Å²) in [6.07, 6.45) is 0.0984. The van der Waals surface area contributed by atoms with Gasteiger partial charge in [0.25, 0.3) is 0 Å². The molecule has 143 valence electrons. The highest BCUT2D eigenvalue weighted by atomic mass is 32.7. The fourth-order valence-electron chi connectivity index (χ4n) is 3.18. The van der Waals surface area contributed by atoms with E-state index >= 15 is 0 Å². The predicted octanol–water partition coefficient (Wildman–Crippen LogP) is -0.605. The molecule has 8 nitrogen and oxygen atoms in total. The summed E-state index contributed by atoms with van der Waals surface area (Å²) >= 11 is 1.01. The van der Waals surface area contributed by atoms with Gasteiger partial charge in [-0.25, -0.2) is 4.57 Å². The van der Waals surface area contributed by atoms with Gasteiger partial charge in [0.2, 0.25) is 0 Å². The van der Waals surface area contributed by atoms with Gasteiger partial charge in [0.1, 0.15) is 20.1 Å². The minimum absolute atomic E-state index is 0.0783. The molecule has 0 saturated carbocycles. The largest absolute Gasteiger partial charge is 0.857 e. The molecular formula is C13H22B3O8PS-. The second-order valence-electron chi connectivity index (χ2n) is 5.98. The third kappa shape index (κ3) is 4.91. The molecule has 0 aliphatic carbocycles. The van der Waals surface area contributed by atoms with E-state index in [1.165, 1.54) is 7.17 Å². The van der Waals surface area contributed by atoms with Crippen molar-refractivity contribution in [3.05, 3.63) is 0 Å². The number of methoxy groups -OCH3 is 2. The molecule has 13 heteroatoms. The summed E-state index contributed by atoms with van der Waals surface area (Å²) in [5.74, 6) is 0. The van der Waals surface area contributed by atoms with Gasteiger partial charge in [-0.05, 0) is 24.2 Å². The maximum Gasteiger partial charge on any atom is 0.392 e. The molecule has 3 aliphatic rings. The molecule has 3 unspecified atom stereocenters. The minimum atomic E-state index is -3.41. The van der Waals surface area contributed by atoms with Gasteiger partial charge in [-0.3, -0.25) is 9.05 Å². The van der Waals surface area contributed by atoms with Crippen molar-refractivity contribution >= 4 is 40.9 Å². The standard InChI is InChI=1S/C12H19B3O7PS.CH3O/c1-17-6-12-9(4-10(13)21-12)22-23(16,24-12)19-5-8-7(18-2)3-11(15-14)20-8;1-2/h7-11H,3-6H2,1-2H3;1H3/q;-1/t7?,8-,9?,10-,11-,12+,23?;/m1./s1. The fourth-order valence-corrected chi connectivity index (χ4v) is 7.84. The Labute approximate surface area is 161 Å². The Hall–Kier alpha value is 0.495. The molecule has 3 aliphatic heterocycles. The van der Waals surface area contributed by atoms with Crippen LogP contribution in [-0.4, -0.2) is 92.5 Å². The maximum atomic E-state index is 12.9. The van der Waals surface area contributed by atoms with Crippen LogP contribution in [0.4, 0.5) is 0 Å². The monoisotopic (exact) mass is 402 g/mol. The lowest BCUT2D eigenvalue weighted by atomic mass is 9.51. The van der Waals surface area contributed by atoms with E-state index in [-0.39, 0.29) is 31.4 Å². The Morgan fingerprint density at radius 3 is 2.73 bits per heavy atom. The first-order valence-electron chi connectivity index (χ1n) is 8.14. The smallest absolute Gasteiger partial charge is 0.392 e. The van der Waals surface area contributed by atoms with Crippen LogP contribution in [0.1, 0.15) is 12.8 Å². The van der Waals surface area contributed by atoms with Gasteiger partial charge in [0, 0.05) is 34.0 Å². The van der Waals surface area contributed by atoms with E-state index in [1.807, 2.05) is 0 Å². The average molecular weight is 402 g/mol. The summed E-state index contributed by atoms with van der Waals surface area (Å²) in [7, 11) is 16.7. The molecule has 0 spiro atoms. The van der Waals surface area contributed by atoms with E-state index in [9.17, 15) is 4.57 Å². The quantitative estimate of drug-likeness (QED) is 0.409. The predicted molar refractivity (Wildman–Crippen MR) is 97.4 cm³/mol. The highest BCUT2D eigenvalue weighted by molar-refractivity contribution is 8.56. The molecule has 3 heterocycles. The Morgan fingerprint density at radius 1 is 1.38 bits per heavy atom. The number of hydrogen-bond acceptors (Lipinski definition) is 9. The summed E-state index contributed by atoms with van der Waals surface area (Å²) < 4.78 is 46.2. The SMILES string of the molecule is C[O-].[B][B][C@H]1CC(OC)[C@@H](COP2(=O)OC3C[C@H]([B])O[C@@]3(COC)S2)O1. The Bertz CT molecular complexity index is 506. The molecule has 0 bridgehead atoms. The van der Waals surface area contributed by atoms with Crippen LogP contribution in [0.2, 0.25) is 0 Å². The van der Waals surface area contributed by atoms with Gasteiger partial charge < -0.3 is 24.1 Å². The van der Waals surface area contributed by atoms with Gasteiger partial charge >= 0.3 is 6.80 Å². The van der Waals surface area contributed by atoms with E-state index in [4.69, 9.17) is 48.7 Å². The lowest BCUT2D eigenvalue weighted by Crippen LogP contribution is -2.37. The third-order valence-corrected chi connectivity index (χ3v) is 8.46. The number of rotatable bonds is 7. The maximum absolute atomic E-state index is 12.9. The lowest BCUT2D eigenvalue weighted by Gasteiger charge is -2.24. The van der Waals surface area contributed by atoms with E-state index in [1.54, 1.807) is 14.2 Å². The highest BCUT2D eigenvalue weighted by Gasteiger charge is 2.62. The van der Waals surface area contributed by atoms with Gasteiger partial charge in [-0.15, -0.1) is 0 Å². The lowest BCUT2D eigenvalue weighted by molar-refractivity contribution is -0.325. The second-order valence-corrected chi connectivity index (χ2v) is 10.1. The first-order chi connectivity index (χ1) is 12.4. The summed E-state index contributed by atoms with van der Waals surface area (Å²) in [5, 5.41) is 8.25. The van der Waals surface area contributed by atoms with Gasteiger partial charge in [-0.1, -0.05) is 0 Å². The van der Waals surface area contributed by atoms with Crippen molar-refractivity contribution in [1.82, 2.24) is 0 Å². The Kier molecular flexibility index (Phi) is 8.59. The number of ether oxygens (including phenoxy) is 4. The van der Waals surface area contributed by atoms with Crippen LogP contribution in [0.3, 0.4) is 0 Å². The topological polar surface area (TPSA) is 95.5 Å². The van der Waals surface area contributed by atoms with Crippen molar-refractivity contribution < 1.29 is 37.7 Å². The van der Waals surface area contributed by atoms with Gasteiger partial charge in [-0.2, -0.15) is 7.11 Å². The first kappa shape index (κ1) is 22.8. The van der Waals surface area contributed by atoms with Crippen molar-refractivity contribution in [3.63, 3.8) is 0 Å². The van der Waals surface area contributed by atoms with Gasteiger partial charge in [0.15, 0.2) is 4.93 Å². The molecule has 3 rings (SSSR count). The summed E-state index contributed by atoms with van der Waals surface area (Å²) in [6.45, 7) is -3.11. The molecule has 0 N–H and O–H groups in total. The van der Waals surface area contributed by atoms with Crippen molar-refractivity contribution in [2.45, 2.75) is 48.1 Å². The van der Waals surface area contributed by atoms with Crippen molar-refractivity contribution in [3.8, 4) is 0 Å². The molecule has 3 saturated heterocycles. The Morgan fingerprint density at radius 2 is 2.12 bits per heavy atom. The highest BCUT2D eigenvalue weighted by Crippen LogP contribution is 2.75. The van der Waals surface area contributed by atoms with E-state index in [0.29, 0.717) is 12.8 Å². The molecule has 0 aromatic heterocycles. The summed E-state index contributed by atoms with van der Waals surface area (Å²) in [5.41, 5.74) is 0. The van der Waals surface area contributed by atoms with Crippen LogP contribution < -0.4 is 5.11 Å². The first-order valence-corrected chi connectivity index (χ1v) is 11.1. The molecule has 26 heavy (non-hydrogen) atoms. The van der Waals surface area contributed by atoms with Crippen LogP contribution in [0.5, 0.6) is 0 Å². The van der Waals surface area contributed by atoms with Crippen LogP contribution >= 0.6 is 18.2 Å². The third-order valence-electron chi connectivity index (χ3n) is 4.30. The molecule has 0 aromatic rings. The molecule has 5 radical (unpaired) electrons. The second kappa shape index (κ2) is 9.81. The molecule has 0 aromatic carbocycles. The van der Waals surface area contributed by atoms with Crippen molar-refractivity contribution in [2.75, 3.05) is 34.5 Å². The molecule has 3 fully saturated rings. The minimum Gasteiger partial charge on any atom is -0.857 e. The van der Waals surface area contributed by atoms with Crippen LogP contribution in [0.15, 0.2) is 0 Å². The van der Waals surface area contributed by atoms with Crippen molar-refractivity contribution in [2.24, 2.45) is 0 Å². The summed E-state index contributed by atoms with van der Waals surface area (Å²) in [6, 6.07) is -0.675. The van der Waals surface area contributed by atoms with Crippen LogP contribution in [0.25, 0.3) is 0 Å². The molecule has 0 amide bonds. The number of fused-ring (bicyclic) bond motifs is 1. The average Bonchev–Trinajstić information content (AvgIpc) is 3.23. The van der Waals surface area contributed by atoms with E-state index in [0.717, 1.165) is 18.5 Å². The zero-order chi connectivity index (χ0) is 19.4. The number of hydrogen-bond donors (Lipinski definition) is 0. The van der Waals surface area contributed by atoms with Crippen LogP contribution in [0, 0.1) is 0 Å². The summed E-state index contributed by atoms with van der Waals surface area (Å²) in [4.78, 5) is -0.894. The van der Waals surface area contributed by atoms with Gasteiger partial charge in [0.05, 0.1) is 26.5 Å². The molecule has 7 atom stereocenters. The van der Waals surface area contributed by atoms with E-state index in [2.05, 4.69) is 0 Å². The fraction of sp³-hybridized carbons (Fsp3) is 1.00. The normalized spacial score (nSPS) is 44.4. The Balaban J connectivity index is 0.00000117. The van der Waals surface area contributed by atoms with Crippen LogP contribution in [-0.2, 0) is 32.6 Å².